The Hall–Kier alpha value is -2.64. The van der Waals surface area contributed by atoms with E-state index in [1.54, 1.807) is 27.7 Å². The first kappa shape index (κ1) is 104. The lowest BCUT2D eigenvalue weighted by molar-refractivity contribution is -0.274. The van der Waals surface area contributed by atoms with Crippen molar-refractivity contribution in [3.05, 3.63) is 0 Å². The topological polar surface area (TPSA) is 375 Å². The first-order valence-corrected chi connectivity index (χ1v) is 26.1. The van der Waals surface area contributed by atoms with E-state index >= 15 is 0 Å². The predicted octanol–water partition coefficient (Wildman–Crippen LogP) is 4.97. The largest absolute Gasteiger partial charge is 0.463 e. The standard InChI is InChI=1S/C17H33NO7.C14H26O7.C8H16O5.C8H18O5.2C2H6.6CH4/c1-6-17(12-20,23-5)25-13(10-19)11-24-15(22)9-7-8-14(21)18-16(2,3)4;1-4-14(10-16,19-3)21-12(8-15)9-20-13(18)7-5-6-11(2)17;1-3-8(12-2)7(11)6(10)5(4-9)13-8;1-3-8(6-11,12-2)13-7(4-9)5-10;2*1-2;;;;;;/h13,19-20H,6-12H2,1-5H3,(H,18,21);12,15-16H,4-10H2,1-3H3;5-7,9-11H,3-4H2,1-2H3;7,9-11H,3-6H2,1-2H3;2*1-2H3;6*1H4/t13?,17-;12?,14-;5-,6-,7-,8-;8-;;;;;;;;/m1111......../s1. The number of carbonyl (C=O) groups is 4. The van der Waals surface area contributed by atoms with Crippen LogP contribution in [0.15, 0.2) is 0 Å². The number of rotatable bonds is 34. The quantitative estimate of drug-likeness (QED) is 0.0299. The third kappa shape index (κ3) is 43.9. The van der Waals surface area contributed by atoms with Crippen LogP contribution in [0, 0.1) is 0 Å². The molecular weight excluding hydrogens is 1080 g/mol. The highest BCUT2D eigenvalue weighted by Crippen LogP contribution is 2.34. The molecule has 9 atom stereocenters. The molecule has 0 saturated carbocycles. The number of amides is 1. The van der Waals surface area contributed by atoms with Gasteiger partial charge in [0.1, 0.15) is 55.6 Å². The highest BCUT2D eigenvalue weighted by molar-refractivity contribution is 5.77. The molecular formula is C57H129NO24. The maximum absolute atomic E-state index is 11.7. The number of carbonyl (C=O) groups excluding carboxylic acids is 4. The zero-order chi connectivity index (χ0) is 60.2. The molecule has 1 aliphatic heterocycles. The van der Waals surface area contributed by atoms with Crippen LogP contribution >= 0.6 is 0 Å². The van der Waals surface area contributed by atoms with E-state index < -0.39 is 71.7 Å². The molecule has 25 heteroatoms. The highest BCUT2D eigenvalue weighted by Gasteiger charge is 2.53. The Morgan fingerprint density at radius 1 is 0.549 bits per heavy atom. The maximum Gasteiger partial charge on any atom is 0.305 e. The Morgan fingerprint density at radius 3 is 1.10 bits per heavy atom. The van der Waals surface area contributed by atoms with E-state index in [0.29, 0.717) is 44.9 Å². The number of hydrogen-bond acceptors (Lipinski definition) is 24. The van der Waals surface area contributed by atoms with Gasteiger partial charge in [0.15, 0.2) is 23.1 Å². The molecule has 0 spiro atoms. The number of aliphatic hydroxyl groups excluding tert-OH is 10. The fraction of sp³-hybridized carbons (Fsp3) is 0.930. The van der Waals surface area contributed by atoms with Crippen LogP contribution in [-0.2, 0) is 66.5 Å². The summed E-state index contributed by atoms with van der Waals surface area (Å²) >= 11 is 0. The number of Topliss-reactive ketones (excluding diaryl/α,β-unsaturated/α-hetero) is 1. The summed E-state index contributed by atoms with van der Waals surface area (Å²) in [6, 6.07) is 0. The van der Waals surface area contributed by atoms with Crippen molar-refractivity contribution >= 4 is 23.6 Å². The first-order valence-electron chi connectivity index (χ1n) is 26.1. The molecule has 0 radical (unpaired) electrons. The SMILES string of the molecule is C.C.C.C.C.C.CC.CC.CC[C@@](CO)(OC)OC(CO)CO.CC[C@@](CO)(OC)OC(CO)COC(=O)CCCC(=O)NC(C)(C)C.CC[C@@](CO)(OC)OC(CO)COC(=O)CCCC(C)=O.CC[C@@]1(OC)O[C@H](CO)[C@@H](O)[C@H]1O. The molecule has 82 heavy (non-hydrogen) atoms. The second-order valence-electron chi connectivity index (χ2n) is 17.5. The minimum absolute atomic E-state index is 0. The molecule has 11 N–H and O–H groups in total. The zero-order valence-electron chi connectivity index (χ0n) is 48.8. The number of nitrogens with one attached hydrogen (secondary N) is 1. The average molecular weight is 1210 g/mol. The predicted molar refractivity (Wildman–Crippen MR) is 320 cm³/mol. The van der Waals surface area contributed by atoms with Gasteiger partial charge < -0.3 is 109 Å². The van der Waals surface area contributed by atoms with E-state index in [-0.39, 0.29) is 147 Å². The Bertz CT molecular complexity index is 1380. The Labute approximate surface area is 497 Å². The van der Waals surface area contributed by atoms with Gasteiger partial charge in [-0.3, -0.25) is 14.4 Å². The van der Waals surface area contributed by atoms with Gasteiger partial charge in [0, 0.05) is 85.3 Å². The van der Waals surface area contributed by atoms with E-state index in [2.05, 4.69) is 5.32 Å². The molecule has 2 unspecified atom stereocenters. The van der Waals surface area contributed by atoms with Gasteiger partial charge in [-0.05, 0) is 40.5 Å². The van der Waals surface area contributed by atoms with E-state index in [0.717, 1.165) is 0 Å². The highest BCUT2D eigenvalue weighted by atomic mass is 16.7. The number of esters is 2. The Balaban J connectivity index is -0.0000000896. The summed E-state index contributed by atoms with van der Waals surface area (Å²) in [4.78, 5) is 45.6. The van der Waals surface area contributed by atoms with Gasteiger partial charge in [-0.25, -0.2) is 0 Å². The van der Waals surface area contributed by atoms with Crippen LogP contribution in [0.4, 0.5) is 0 Å². The van der Waals surface area contributed by atoms with E-state index in [1.807, 2.05) is 48.5 Å². The maximum atomic E-state index is 11.7. The van der Waals surface area contributed by atoms with E-state index in [4.69, 9.17) is 67.8 Å². The second kappa shape index (κ2) is 60.1. The molecule has 25 nitrogen and oxygen atoms in total. The van der Waals surface area contributed by atoms with Crippen LogP contribution in [0.3, 0.4) is 0 Å². The normalized spacial score (nSPS) is 18.5. The van der Waals surface area contributed by atoms with Gasteiger partial charge in [0.2, 0.25) is 5.91 Å². The van der Waals surface area contributed by atoms with Crippen molar-refractivity contribution in [3.8, 4) is 0 Å². The summed E-state index contributed by atoms with van der Waals surface area (Å²) in [5.41, 5.74) is -0.302. The van der Waals surface area contributed by atoms with Crippen molar-refractivity contribution in [2.24, 2.45) is 0 Å². The fourth-order valence-electron chi connectivity index (χ4n) is 6.24. The van der Waals surface area contributed by atoms with Crippen molar-refractivity contribution in [1.29, 1.82) is 0 Å². The summed E-state index contributed by atoms with van der Waals surface area (Å²) in [6.07, 6.45) is -2.06. The van der Waals surface area contributed by atoms with E-state index in [1.165, 1.54) is 35.4 Å². The molecule has 1 saturated heterocycles. The Kier molecular flexibility index (Phi) is 76.4. The lowest BCUT2D eigenvalue weighted by Crippen LogP contribution is -2.44. The molecule has 0 bridgehead atoms. The van der Waals surface area contributed by atoms with Crippen molar-refractivity contribution in [2.75, 3.05) is 94.5 Å². The monoisotopic (exact) mass is 1210 g/mol. The minimum Gasteiger partial charge on any atom is -0.463 e. The van der Waals surface area contributed by atoms with Gasteiger partial charge in [-0.2, -0.15) is 0 Å². The molecule has 0 aromatic carbocycles. The third-order valence-corrected chi connectivity index (χ3v) is 11.0. The van der Waals surface area contributed by atoms with Gasteiger partial charge >= 0.3 is 11.9 Å². The molecule has 1 heterocycles. The molecule has 506 valence electrons. The summed E-state index contributed by atoms with van der Waals surface area (Å²) in [6.45, 7) is 19.2. The number of ketones is 1. The van der Waals surface area contributed by atoms with Crippen LogP contribution in [0.2, 0.25) is 0 Å². The fourth-order valence-corrected chi connectivity index (χ4v) is 6.24. The molecule has 1 aliphatic rings. The summed E-state index contributed by atoms with van der Waals surface area (Å²) in [5.74, 6) is -5.76. The number of ether oxygens (including phenoxy) is 10. The molecule has 1 amide bonds. The van der Waals surface area contributed by atoms with Crippen molar-refractivity contribution in [3.63, 3.8) is 0 Å². The van der Waals surface area contributed by atoms with Crippen molar-refractivity contribution < 1.29 is 118 Å². The average Bonchev–Trinajstić information content (AvgIpc) is 3.68. The van der Waals surface area contributed by atoms with Crippen LogP contribution < -0.4 is 5.32 Å². The van der Waals surface area contributed by atoms with E-state index in [9.17, 15) is 49.8 Å². The Morgan fingerprint density at radius 2 is 0.878 bits per heavy atom. The summed E-state index contributed by atoms with van der Waals surface area (Å²) in [7, 11) is 5.59. The lowest BCUT2D eigenvalue weighted by Gasteiger charge is -2.32. The summed E-state index contributed by atoms with van der Waals surface area (Å²) in [5, 5.41) is 94.4. The van der Waals surface area contributed by atoms with Crippen molar-refractivity contribution in [1.82, 2.24) is 5.32 Å². The number of methoxy groups -OCH3 is 4. The van der Waals surface area contributed by atoms with Crippen LogP contribution in [0.5, 0.6) is 0 Å². The van der Waals surface area contributed by atoms with Gasteiger partial charge in [-0.1, -0.05) is 99.9 Å². The second-order valence-corrected chi connectivity index (χ2v) is 17.5. The van der Waals surface area contributed by atoms with Crippen LogP contribution in [0.1, 0.15) is 192 Å². The smallest absolute Gasteiger partial charge is 0.305 e. The summed E-state index contributed by atoms with van der Waals surface area (Å²) < 4.78 is 51.7. The van der Waals surface area contributed by atoms with Gasteiger partial charge in [-0.15, -0.1) is 0 Å². The zero-order valence-corrected chi connectivity index (χ0v) is 48.8. The minimum atomic E-state index is -1.23. The molecule has 0 aromatic rings. The number of hydrogen-bond donors (Lipinski definition) is 11. The number of aliphatic hydroxyl groups is 10. The lowest BCUT2D eigenvalue weighted by atomic mass is 10.0. The van der Waals surface area contributed by atoms with Crippen molar-refractivity contribution in [2.45, 2.75) is 257 Å². The van der Waals surface area contributed by atoms with Gasteiger partial charge in [0.25, 0.3) is 0 Å². The molecule has 1 rings (SSSR count). The van der Waals surface area contributed by atoms with Crippen LogP contribution in [0.25, 0.3) is 0 Å². The van der Waals surface area contributed by atoms with Crippen LogP contribution in [-0.4, -0.2) is 235 Å². The van der Waals surface area contributed by atoms with Gasteiger partial charge in [0.05, 0.1) is 52.9 Å². The first-order chi connectivity index (χ1) is 35.8. The molecule has 0 aliphatic carbocycles. The molecule has 0 aromatic heterocycles. The molecule has 1 fully saturated rings. The third-order valence-electron chi connectivity index (χ3n) is 11.0.